The van der Waals surface area contributed by atoms with Crippen molar-refractivity contribution in [2.45, 2.75) is 64.8 Å². The fourth-order valence-corrected chi connectivity index (χ4v) is 4.36. The SMILES string of the molecule is C=C(OC1CCN([S+](C)[O-])CC1)/C(OC)=C(\N=CC)OC1CCN(C(=O)OC(C)C)CC1. The van der Waals surface area contributed by atoms with Gasteiger partial charge in [0.1, 0.15) is 18.5 Å². The van der Waals surface area contributed by atoms with E-state index in [0.717, 1.165) is 12.8 Å². The highest BCUT2D eigenvalue weighted by Crippen LogP contribution is 2.26. The van der Waals surface area contributed by atoms with Gasteiger partial charge in [0.15, 0.2) is 5.76 Å². The molecule has 0 aliphatic carbocycles. The number of piperidine rings is 2. The lowest BCUT2D eigenvalue weighted by Gasteiger charge is -2.32. The Hall–Kier alpha value is -1.91. The fourth-order valence-electron chi connectivity index (χ4n) is 3.63. The Labute approximate surface area is 194 Å². The molecule has 2 fully saturated rings. The largest absolute Gasteiger partial charge is 0.598 e. The van der Waals surface area contributed by atoms with Crippen LogP contribution in [0.15, 0.2) is 29.0 Å². The number of hydrogen-bond acceptors (Lipinski definition) is 8. The van der Waals surface area contributed by atoms with Crippen molar-refractivity contribution < 1.29 is 28.3 Å². The number of aliphatic imine (C=N–C) groups is 1. The van der Waals surface area contributed by atoms with Crippen LogP contribution in [0.25, 0.3) is 0 Å². The molecule has 2 saturated heterocycles. The summed E-state index contributed by atoms with van der Waals surface area (Å²) < 4.78 is 36.6. The summed E-state index contributed by atoms with van der Waals surface area (Å²) in [6, 6.07) is 0. The summed E-state index contributed by atoms with van der Waals surface area (Å²) in [7, 11) is 1.53. The summed E-state index contributed by atoms with van der Waals surface area (Å²) in [5.41, 5.74) is 0. The van der Waals surface area contributed by atoms with E-state index in [4.69, 9.17) is 18.9 Å². The number of amides is 1. The molecule has 0 bridgehead atoms. The van der Waals surface area contributed by atoms with Crippen molar-refractivity contribution >= 4 is 23.7 Å². The van der Waals surface area contributed by atoms with Gasteiger partial charge in [0.05, 0.1) is 13.2 Å². The van der Waals surface area contributed by atoms with E-state index in [1.165, 1.54) is 7.11 Å². The molecule has 2 rings (SSSR count). The second kappa shape index (κ2) is 13.0. The summed E-state index contributed by atoms with van der Waals surface area (Å²) in [5.74, 6) is 1.03. The predicted octanol–water partition coefficient (Wildman–Crippen LogP) is 3.21. The van der Waals surface area contributed by atoms with Gasteiger partial charge in [-0.1, -0.05) is 6.58 Å². The molecule has 1 amide bonds. The molecule has 10 heteroatoms. The van der Waals surface area contributed by atoms with Crippen LogP contribution in [0, 0.1) is 0 Å². The van der Waals surface area contributed by atoms with Gasteiger partial charge in [-0.05, 0) is 20.8 Å². The maximum Gasteiger partial charge on any atom is 0.410 e. The van der Waals surface area contributed by atoms with E-state index in [1.807, 2.05) is 18.2 Å². The van der Waals surface area contributed by atoms with Crippen molar-refractivity contribution in [1.29, 1.82) is 0 Å². The number of rotatable bonds is 9. The first-order chi connectivity index (χ1) is 15.2. The molecule has 182 valence electrons. The average Bonchev–Trinajstić information content (AvgIpc) is 2.74. The molecule has 2 aliphatic rings. The average molecular weight is 472 g/mol. The van der Waals surface area contributed by atoms with Gasteiger partial charge >= 0.3 is 6.09 Å². The Bertz CT molecular complexity index is 681. The van der Waals surface area contributed by atoms with Crippen LogP contribution in [0.3, 0.4) is 0 Å². The third-order valence-corrected chi connectivity index (χ3v) is 6.38. The first-order valence-corrected chi connectivity index (χ1v) is 12.6. The van der Waals surface area contributed by atoms with Crippen LogP contribution >= 0.6 is 0 Å². The second-order valence-corrected chi connectivity index (χ2v) is 9.42. The number of nitrogens with zero attached hydrogens (tertiary/aromatic N) is 3. The molecule has 0 aromatic carbocycles. The highest BCUT2D eigenvalue weighted by Gasteiger charge is 2.29. The molecule has 32 heavy (non-hydrogen) atoms. The van der Waals surface area contributed by atoms with Crippen LogP contribution in [0.5, 0.6) is 0 Å². The molecule has 0 N–H and O–H groups in total. The summed E-state index contributed by atoms with van der Waals surface area (Å²) >= 11 is -0.964. The Kier molecular flexibility index (Phi) is 10.7. The van der Waals surface area contributed by atoms with Gasteiger partial charge in [0, 0.05) is 69.4 Å². The fraction of sp³-hybridized carbons (Fsp3) is 0.727. The van der Waals surface area contributed by atoms with E-state index in [9.17, 15) is 9.35 Å². The zero-order chi connectivity index (χ0) is 23.7. The number of likely N-dealkylation sites (tertiary alicyclic amines) is 1. The van der Waals surface area contributed by atoms with E-state index in [-0.39, 0.29) is 24.4 Å². The van der Waals surface area contributed by atoms with Crippen LogP contribution in [0.1, 0.15) is 46.5 Å². The highest BCUT2D eigenvalue weighted by atomic mass is 32.2. The maximum atomic E-state index is 12.1. The smallest absolute Gasteiger partial charge is 0.410 e. The molecule has 0 saturated carbocycles. The Morgan fingerprint density at radius 2 is 1.69 bits per heavy atom. The number of hydrogen-bond donors (Lipinski definition) is 0. The van der Waals surface area contributed by atoms with Crippen LogP contribution in [-0.2, 0) is 30.3 Å². The Morgan fingerprint density at radius 1 is 1.12 bits per heavy atom. The Balaban J connectivity index is 1.96. The lowest BCUT2D eigenvalue weighted by molar-refractivity contribution is 0.0223. The molecule has 0 aromatic heterocycles. The normalized spacial score (nSPS) is 20.8. The van der Waals surface area contributed by atoms with Crippen LogP contribution < -0.4 is 0 Å². The minimum Gasteiger partial charge on any atom is -0.598 e. The van der Waals surface area contributed by atoms with Crippen molar-refractivity contribution in [2.24, 2.45) is 4.99 Å². The molecule has 1 unspecified atom stereocenters. The van der Waals surface area contributed by atoms with Gasteiger partial charge in [-0.3, -0.25) is 0 Å². The van der Waals surface area contributed by atoms with Crippen molar-refractivity contribution in [3.05, 3.63) is 24.0 Å². The monoisotopic (exact) mass is 471 g/mol. The van der Waals surface area contributed by atoms with E-state index in [1.54, 1.807) is 24.3 Å². The number of ether oxygens (including phenoxy) is 4. The molecule has 0 spiro atoms. The van der Waals surface area contributed by atoms with Crippen LogP contribution in [-0.4, -0.2) is 83.9 Å². The highest BCUT2D eigenvalue weighted by molar-refractivity contribution is 7.88. The number of methoxy groups -OCH3 is 1. The molecular formula is C22H37N3O6S. The standard InChI is InChI=1S/C22H37N3O6S/c1-7-23-21(31-19-8-12-24(13-9-19)22(26)29-16(2)3)20(28-5)17(4)30-18-10-14-25(15-11-18)32(6)27/h7,16,18-19H,4,8-15H2,1-3,5-6H3/b21-20-,23-7?. The predicted molar refractivity (Wildman–Crippen MR) is 124 cm³/mol. The number of carbonyl (C=O) groups excluding carboxylic acids is 1. The first kappa shape index (κ1) is 26.3. The lowest BCUT2D eigenvalue weighted by atomic mass is 10.1. The molecular weight excluding hydrogens is 434 g/mol. The van der Waals surface area contributed by atoms with Gasteiger partial charge in [-0.2, -0.15) is 0 Å². The lowest BCUT2D eigenvalue weighted by Crippen LogP contribution is -2.41. The molecule has 9 nitrogen and oxygen atoms in total. The summed E-state index contributed by atoms with van der Waals surface area (Å²) in [5, 5.41) is 0. The van der Waals surface area contributed by atoms with Gasteiger partial charge < -0.3 is 28.4 Å². The van der Waals surface area contributed by atoms with Crippen LogP contribution in [0.4, 0.5) is 4.79 Å². The first-order valence-electron chi connectivity index (χ1n) is 11.1. The second-order valence-electron chi connectivity index (χ2n) is 8.06. The summed E-state index contributed by atoms with van der Waals surface area (Å²) in [4.78, 5) is 18.1. The molecule has 2 heterocycles. The third-order valence-electron chi connectivity index (χ3n) is 5.29. The topological polar surface area (TPSA) is 95.9 Å². The zero-order valence-electron chi connectivity index (χ0n) is 19.9. The van der Waals surface area contributed by atoms with Gasteiger partial charge in [0.2, 0.25) is 5.76 Å². The van der Waals surface area contributed by atoms with Crippen molar-refractivity contribution in [2.75, 3.05) is 39.5 Å². The van der Waals surface area contributed by atoms with Crippen molar-refractivity contribution in [3.8, 4) is 0 Å². The summed E-state index contributed by atoms with van der Waals surface area (Å²) in [6.45, 7) is 12.0. The van der Waals surface area contributed by atoms with Crippen molar-refractivity contribution in [1.82, 2.24) is 9.21 Å². The molecule has 0 aromatic rings. The van der Waals surface area contributed by atoms with E-state index < -0.39 is 11.4 Å². The summed E-state index contributed by atoms with van der Waals surface area (Å²) in [6.07, 6.45) is 5.57. The maximum absolute atomic E-state index is 12.1. The van der Waals surface area contributed by atoms with E-state index in [2.05, 4.69) is 11.6 Å². The van der Waals surface area contributed by atoms with Crippen LogP contribution in [0.2, 0.25) is 0 Å². The molecule has 2 aliphatic heterocycles. The third kappa shape index (κ3) is 7.90. The number of carbonyl (C=O) groups is 1. The quantitative estimate of drug-likeness (QED) is 0.220. The van der Waals surface area contributed by atoms with E-state index >= 15 is 0 Å². The Morgan fingerprint density at radius 3 is 2.19 bits per heavy atom. The van der Waals surface area contributed by atoms with Gasteiger partial charge in [-0.25, -0.2) is 9.79 Å². The van der Waals surface area contributed by atoms with Crippen molar-refractivity contribution in [3.63, 3.8) is 0 Å². The zero-order valence-corrected chi connectivity index (χ0v) is 20.7. The molecule has 1 atom stereocenters. The minimum atomic E-state index is -0.964. The molecule has 0 radical (unpaired) electrons. The van der Waals surface area contributed by atoms with E-state index in [0.29, 0.717) is 56.4 Å². The minimum absolute atomic E-state index is 0.0329. The van der Waals surface area contributed by atoms with Gasteiger partial charge in [-0.15, -0.1) is 4.31 Å². The van der Waals surface area contributed by atoms with Gasteiger partial charge in [0.25, 0.3) is 5.88 Å².